The highest BCUT2D eigenvalue weighted by atomic mass is 35.5. The smallest absolute Gasteiger partial charge is 0.341 e. The second-order valence-corrected chi connectivity index (χ2v) is 9.69. The summed E-state index contributed by atoms with van der Waals surface area (Å²) in [5.41, 5.74) is 1.84. The van der Waals surface area contributed by atoms with E-state index in [2.05, 4.69) is 5.32 Å². The van der Waals surface area contributed by atoms with E-state index in [0.717, 1.165) is 16.9 Å². The Morgan fingerprint density at radius 2 is 1.78 bits per heavy atom. The SMILES string of the molecule is CCOC(=O)c1c(-c2ccc(Cl)cc2)csc1NC(=O)/C(C#N)=C/c1ccc(-c2cc(Cl)ccc2Cl)o1. The second kappa shape index (κ2) is 11.7. The molecule has 1 amide bonds. The number of halogens is 3. The Morgan fingerprint density at radius 1 is 1.05 bits per heavy atom. The van der Waals surface area contributed by atoms with Crippen LogP contribution in [0.25, 0.3) is 28.5 Å². The van der Waals surface area contributed by atoms with Crippen LogP contribution in [0.1, 0.15) is 23.0 Å². The monoisotopic (exact) mass is 570 g/mol. The highest BCUT2D eigenvalue weighted by Crippen LogP contribution is 2.37. The molecule has 0 aliphatic heterocycles. The molecule has 0 unspecified atom stereocenters. The third-order valence-corrected chi connectivity index (χ3v) is 6.84. The lowest BCUT2D eigenvalue weighted by Crippen LogP contribution is -2.16. The minimum Gasteiger partial charge on any atom is -0.462 e. The van der Waals surface area contributed by atoms with Gasteiger partial charge in [0.15, 0.2) is 0 Å². The van der Waals surface area contributed by atoms with Crippen LogP contribution in [0.5, 0.6) is 0 Å². The zero-order chi connectivity index (χ0) is 26.5. The van der Waals surface area contributed by atoms with Crippen LogP contribution in [-0.4, -0.2) is 18.5 Å². The molecule has 0 saturated heterocycles. The van der Waals surface area contributed by atoms with Gasteiger partial charge in [-0.3, -0.25) is 4.79 Å². The number of hydrogen-bond donors (Lipinski definition) is 1. The molecule has 2 aromatic carbocycles. The van der Waals surface area contributed by atoms with E-state index in [9.17, 15) is 14.9 Å². The largest absolute Gasteiger partial charge is 0.462 e. The summed E-state index contributed by atoms with van der Waals surface area (Å²) in [5.74, 6) is -0.625. The van der Waals surface area contributed by atoms with Gasteiger partial charge in [0.05, 0.1) is 11.6 Å². The molecule has 0 spiro atoms. The third-order valence-electron chi connectivity index (χ3n) is 5.13. The zero-order valence-corrected chi connectivity index (χ0v) is 22.3. The normalized spacial score (nSPS) is 11.2. The van der Waals surface area contributed by atoms with Crippen molar-refractivity contribution in [3.63, 3.8) is 0 Å². The molecule has 0 atom stereocenters. The number of hydrogen-bond acceptors (Lipinski definition) is 6. The van der Waals surface area contributed by atoms with E-state index < -0.39 is 11.9 Å². The van der Waals surface area contributed by atoms with Crippen LogP contribution in [0, 0.1) is 11.3 Å². The van der Waals surface area contributed by atoms with E-state index in [1.54, 1.807) is 66.9 Å². The minimum absolute atomic E-state index is 0.156. The number of nitriles is 1. The number of benzene rings is 2. The van der Waals surface area contributed by atoms with E-state index in [1.807, 2.05) is 6.07 Å². The van der Waals surface area contributed by atoms with Crippen LogP contribution < -0.4 is 5.32 Å². The van der Waals surface area contributed by atoms with Gasteiger partial charge in [0.25, 0.3) is 5.91 Å². The van der Waals surface area contributed by atoms with Crippen molar-refractivity contribution in [3.8, 4) is 28.5 Å². The molecule has 0 fully saturated rings. The average molecular weight is 572 g/mol. The van der Waals surface area contributed by atoms with E-state index in [0.29, 0.717) is 32.0 Å². The predicted octanol–water partition coefficient (Wildman–Crippen LogP) is 8.36. The number of esters is 1. The molecule has 10 heteroatoms. The molecule has 6 nitrogen and oxygen atoms in total. The van der Waals surface area contributed by atoms with Crippen molar-refractivity contribution < 1.29 is 18.7 Å². The summed E-state index contributed by atoms with van der Waals surface area (Å²) < 4.78 is 11.0. The lowest BCUT2D eigenvalue weighted by atomic mass is 10.0. The van der Waals surface area contributed by atoms with Gasteiger partial charge in [-0.05, 0) is 55.0 Å². The van der Waals surface area contributed by atoms with Crippen LogP contribution >= 0.6 is 46.1 Å². The van der Waals surface area contributed by atoms with Crippen LogP contribution in [0.2, 0.25) is 15.1 Å². The maximum Gasteiger partial charge on any atom is 0.341 e. The first kappa shape index (κ1) is 26.5. The maximum atomic E-state index is 13.0. The summed E-state index contributed by atoms with van der Waals surface area (Å²) in [6.45, 7) is 1.85. The number of rotatable bonds is 7. The van der Waals surface area contributed by atoms with Crippen molar-refractivity contribution in [1.82, 2.24) is 0 Å². The molecule has 0 aliphatic rings. The van der Waals surface area contributed by atoms with Gasteiger partial charge in [-0.2, -0.15) is 5.26 Å². The van der Waals surface area contributed by atoms with Crippen LogP contribution in [0.4, 0.5) is 5.00 Å². The van der Waals surface area contributed by atoms with Gasteiger partial charge in [0.1, 0.15) is 33.7 Å². The molecule has 4 aromatic rings. The molecular weight excluding hydrogens is 555 g/mol. The molecule has 0 aliphatic carbocycles. The summed E-state index contributed by atoms with van der Waals surface area (Å²) >= 11 is 19.4. The number of furan rings is 1. The highest BCUT2D eigenvalue weighted by molar-refractivity contribution is 7.15. The molecule has 1 N–H and O–H groups in total. The number of anilines is 1. The molecule has 186 valence electrons. The molecule has 0 radical (unpaired) electrons. The van der Waals surface area contributed by atoms with Crippen LogP contribution in [0.15, 0.2) is 70.0 Å². The average Bonchev–Trinajstić information content (AvgIpc) is 3.52. The molecule has 2 heterocycles. The number of amides is 1. The van der Waals surface area contributed by atoms with Gasteiger partial charge >= 0.3 is 5.97 Å². The molecular formula is C27H17Cl3N2O4S. The predicted molar refractivity (Wildman–Crippen MR) is 147 cm³/mol. The van der Waals surface area contributed by atoms with Gasteiger partial charge in [0, 0.05) is 32.6 Å². The lowest BCUT2D eigenvalue weighted by Gasteiger charge is -2.08. The van der Waals surface area contributed by atoms with Gasteiger partial charge in [-0.1, -0.05) is 46.9 Å². The van der Waals surface area contributed by atoms with Gasteiger partial charge in [0.2, 0.25) is 0 Å². The van der Waals surface area contributed by atoms with Crippen molar-refractivity contribution >= 4 is 69.1 Å². The maximum absolute atomic E-state index is 13.0. The Kier molecular flexibility index (Phi) is 8.37. The Bertz CT molecular complexity index is 1550. The standard InChI is InChI=1S/C27H17Cl3N2O4S/c1-2-35-27(34)24-21(15-3-5-17(28)6-4-15)14-37-26(24)32-25(33)16(13-31)11-19-8-10-23(36-19)20-12-18(29)7-9-22(20)30/h3-12,14H,2H2,1H3,(H,32,33)/b16-11+. The Morgan fingerprint density at radius 3 is 2.49 bits per heavy atom. The summed E-state index contributed by atoms with van der Waals surface area (Å²) in [5, 5.41) is 15.8. The van der Waals surface area contributed by atoms with E-state index in [-0.39, 0.29) is 28.5 Å². The molecule has 2 aromatic heterocycles. The van der Waals surface area contributed by atoms with Crippen molar-refractivity contribution in [2.45, 2.75) is 6.92 Å². The van der Waals surface area contributed by atoms with E-state index in [1.165, 1.54) is 6.08 Å². The Balaban J connectivity index is 1.63. The highest BCUT2D eigenvalue weighted by Gasteiger charge is 2.24. The lowest BCUT2D eigenvalue weighted by molar-refractivity contribution is -0.112. The summed E-state index contributed by atoms with van der Waals surface area (Å²) in [4.78, 5) is 25.8. The van der Waals surface area contributed by atoms with Gasteiger partial charge in [-0.25, -0.2) is 4.79 Å². The molecule has 37 heavy (non-hydrogen) atoms. The van der Waals surface area contributed by atoms with Gasteiger partial charge in [-0.15, -0.1) is 11.3 Å². The Labute approximate surface area is 231 Å². The minimum atomic E-state index is -0.712. The quantitative estimate of drug-likeness (QED) is 0.137. The number of ether oxygens (including phenoxy) is 1. The number of nitrogens with one attached hydrogen (secondary N) is 1. The fraction of sp³-hybridized carbons (Fsp3) is 0.0741. The summed E-state index contributed by atoms with van der Waals surface area (Å²) in [6, 6.07) is 17.0. The van der Waals surface area contributed by atoms with Crippen molar-refractivity contribution in [1.29, 1.82) is 5.26 Å². The van der Waals surface area contributed by atoms with Gasteiger partial charge < -0.3 is 14.5 Å². The summed E-state index contributed by atoms with van der Waals surface area (Å²) in [6.07, 6.45) is 1.30. The third kappa shape index (κ3) is 6.07. The first-order valence-corrected chi connectivity index (χ1v) is 12.8. The fourth-order valence-corrected chi connectivity index (χ4v) is 4.88. The number of thiophene rings is 1. The Hall–Kier alpha value is -3.54. The second-order valence-electron chi connectivity index (χ2n) is 7.53. The molecule has 0 saturated carbocycles. The topological polar surface area (TPSA) is 92.3 Å². The first-order chi connectivity index (χ1) is 17.8. The summed E-state index contributed by atoms with van der Waals surface area (Å²) in [7, 11) is 0. The fourth-order valence-electron chi connectivity index (χ4n) is 3.42. The van der Waals surface area contributed by atoms with Crippen molar-refractivity contribution in [2.24, 2.45) is 0 Å². The van der Waals surface area contributed by atoms with Crippen LogP contribution in [-0.2, 0) is 9.53 Å². The van der Waals surface area contributed by atoms with E-state index in [4.69, 9.17) is 44.0 Å². The first-order valence-electron chi connectivity index (χ1n) is 10.8. The van der Waals surface area contributed by atoms with Crippen LogP contribution in [0.3, 0.4) is 0 Å². The van der Waals surface area contributed by atoms with Crippen molar-refractivity contribution in [3.05, 3.63) is 91.9 Å². The molecule has 4 rings (SSSR count). The zero-order valence-electron chi connectivity index (χ0n) is 19.2. The number of carbonyl (C=O) groups excluding carboxylic acids is 2. The number of nitrogens with zero attached hydrogens (tertiary/aromatic N) is 1. The van der Waals surface area contributed by atoms with Crippen molar-refractivity contribution in [2.75, 3.05) is 11.9 Å². The number of carbonyl (C=O) groups is 2. The molecule has 0 bridgehead atoms. The van der Waals surface area contributed by atoms with E-state index >= 15 is 0 Å².